The van der Waals surface area contributed by atoms with E-state index in [2.05, 4.69) is 17.6 Å². The minimum Gasteiger partial charge on any atom is -0.348 e. The Morgan fingerprint density at radius 3 is 2.55 bits per heavy atom. The molecule has 0 aliphatic heterocycles. The molecular formula is C15H21FN2O2. The van der Waals surface area contributed by atoms with E-state index >= 15 is 0 Å². The normalized spacial score (nSPS) is 10.2. The first-order chi connectivity index (χ1) is 9.54. The van der Waals surface area contributed by atoms with Crippen LogP contribution in [-0.2, 0) is 9.59 Å². The number of unbranched alkanes of at least 4 members (excludes halogenated alkanes) is 3. The minimum atomic E-state index is -0.774. The van der Waals surface area contributed by atoms with E-state index in [0.717, 1.165) is 25.7 Å². The number of amides is 2. The molecule has 0 saturated carbocycles. The second-order valence-electron chi connectivity index (χ2n) is 4.73. The molecule has 0 heterocycles. The van der Waals surface area contributed by atoms with Gasteiger partial charge in [-0.2, -0.15) is 0 Å². The van der Waals surface area contributed by atoms with Gasteiger partial charge in [0.05, 0.1) is 0 Å². The molecule has 1 aromatic carbocycles. The van der Waals surface area contributed by atoms with Crippen LogP contribution < -0.4 is 10.6 Å². The molecule has 1 aromatic rings. The smallest absolute Gasteiger partial charge is 0.313 e. The van der Waals surface area contributed by atoms with Gasteiger partial charge in [0.2, 0.25) is 0 Å². The molecule has 1 rings (SSSR count). The molecule has 110 valence electrons. The van der Waals surface area contributed by atoms with Gasteiger partial charge in [0, 0.05) is 12.2 Å². The molecule has 20 heavy (non-hydrogen) atoms. The van der Waals surface area contributed by atoms with Gasteiger partial charge in [0.15, 0.2) is 0 Å². The molecule has 0 aromatic heterocycles. The number of hydrogen-bond donors (Lipinski definition) is 2. The molecule has 0 unspecified atom stereocenters. The molecule has 0 aliphatic carbocycles. The summed E-state index contributed by atoms with van der Waals surface area (Å²) in [5.41, 5.74) is 0.766. The van der Waals surface area contributed by atoms with E-state index in [1.165, 1.54) is 6.07 Å². The van der Waals surface area contributed by atoms with E-state index in [-0.39, 0.29) is 5.69 Å². The van der Waals surface area contributed by atoms with Gasteiger partial charge in [-0.1, -0.05) is 32.3 Å². The zero-order valence-corrected chi connectivity index (χ0v) is 12.0. The summed E-state index contributed by atoms with van der Waals surface area (Å²) in [5, 5.41) is 4.91. The summed E-state index contributed by atoms with van der Waals surface area (Å²) < 4.78 is 13.3. The van der Waals surface area contributed by atoms with Gasteiger partial charge in [-0.3, -0.25) is 9.59 Å². The van der Waals surface area contributed by atoms with Crippen LogP contribution in [0.25, 0.3) is 0 Å². The summed E-state index contributed by atoms with van der Waals surface area (Å²) in [6.07, 6.45) is 4.12. The molecule has 2 N–H and O–H groups in total. The number of nitrogens with one attached hydrogen (secondary N) is 2. The minimum absolute atomic E-state index is 0.277. The zero-order chi connectivity index (χ0) is 15.0. The van der Waals surface area contributed by atoms with E-state index in [1.807, 2.05) is 0 Å². The number of rotatable bonds is 6. The molecule has 0 atom stereocenters. The Kier molecular flexibility index (Phi) is 6.70. The van der Waals surface area contributed by atoms with Crippen LogP contribution in [0.5, 0.6) is 0 Å². The van der Waals surface area contributed by atoms with Crippen LogP contribution in [0.1, 0.15) is 38.2 Å². The fourth-order valence-electron chi connectivity index (χ4n) is 1.69. The Morgan fingerprint density at radius 2 is 1.90 bits per heavy atom. The predicted octanol–water partition coefficient (Wildman–Crippen LogP) is 2.77. The summed E-state index contributed by atoms with van der Waals surface area (Å²) >= 11 is 0. The molecule has 0 radical (unpaired) electrons. The Labute approximate surface area is 118 Å². The van der Waals surface area contributed by atoms with Crippen molar-refractivity contribution < 1.29 is 14.0 Å². The van der Waals surface area contributed by atoms with Crippen LogP contribution in [0.15, 0.2) is 18.2 Å². The number of aryl methyl sites for hydroxylation is 1. The maximum atomic E-state index is 13.3. The average molecular weight is 280 g/mol. The van der Waals surface area contributed by atoms with E-state index in [0.29, 0.717) is 12.1 Å². The molecule has 0 aliphatic rings. The van der Waals surface area contributed by atoms with Crippen molar-refractivity contribution in [2.75, 3.05) is 11.9 Å². The number of carbonyl (C=O) groups excluding carboxylic acids is 2. The molecule has 2 amide bonds. The van der Waals surface area contributed by atoms with Gasteiger partial charge in [0.1, 0.15) is 5.82 Å². The van der Waals surface area contributed by atoms with Crippen LogP contribution in [0.2, 0.25) is 0 Å². The van der Waals surface area contributed by atoms with E-state index in [4.69, 9.17) is 0 Å². The highest BCUT2D eigenvalue weighted by Gasteiger charge is 2.13. The number of halogens is 1. The van der Waals surface area contributed by atoms with Gasteiger partial charge in [-0.15, -0.1) is 0 Å². The van der Waals surface area contributed by atoms with Gasteiger partial charge in [-0.05, 0) is 31.0 Å². The second kappa shape index (κ2) is 8.30. The Balaban J connectivity index is 2.37. The zero-order valence-electron chi connectivity index (χ0n) is 12.0. The largest absolute Gasteiger partial charge is 0.348 e. The van der Waals surface area contributed by atoms with Gasteiger partial charge in [-0.25, -0.2) is 4.39 Å². The van der Waals surface area contributed by atoms with Gasteiger partial charge in [0.25, 0.3) is 0 Å². The SMILES string of the molecule is CCCCCCNC(=O)C(=O)Nc1ccc(C)c(F)c1. The van der Waals surface area contributed by atoms with Crippen LogP contribution >= 0.6 is 0 Å². The van der Waals surface area contributed by atoms with Crippen LogP contribution in [0.3, 0.4) is 0 Å². The van der Waals surface area contributed by atoms with Crippen molar-refractivity contribution in [3.8, 4) is 0 Å². The average Bonchev–Trinajstić information content (AvgIpc) is 2.42. The van der Waals surface area contributed by atoms with Crippen molar-refractivity contribution >= 4 is 17.5 Å². The van der Waals surface area contributed by atoms with E-state index in [9.17, 15) is 14.0 Å². The number of hydrogen-bond acceptors (Lipinski definition) is 2. The number of carbonyl (C=O) groups is 2. The predicted molar refractivity (Wildman–Crippen MR) is 76.9 cm³/mol. The lowest BCUT2D eigenvalue weighted by atomic mass is 10.2. The van der Waals surface area contributed by atoms with E-state index < -0.39 is 17.6 Å². The monoisotopic (exact) mass is 280 g/mol. The summed E-state index contributed by atoms with van der Waals surface area (Å²) in [6.45, 7) is 4.21. The topological polar surface area (TPSA) is 58.2 Å². The summed E-state index contributed by atoms with van der Waals surface area (Å²) in [4.78, 5) is 23.1. The third kappa shape index (κ3) is 5.38. The quantitative estimate of drug-likeness (QED) is 0.622. The third-order valence-corrected chi connectivity index (χ3v) is 2.95. The van der Waals surface area contributed by atoms with Crippen molar-refractivity contribution in [3.63, 3.8) is 0 Å². The Hall–Kier alpha value is -1.91. The lowest BCUT2D eigenvalue weighted by Crippen LogP contribution is -2.35. The van der Waals surface area contributed by atoms with Crippen LogP contribution in [-0.4, -0.2) is 18.4 Å². The molecule has 0 bridgehead atoms. The third-order valence-electron chi connectivity index (χ3n) is 2.95. The molecular weight excluding hydrogens is 259 g/mol. The molecule has 0 fully saturated rings. The van der Waals surface area contributed by atoms with Gasteiger partial charge < -0.3 is 10.6 Å². The highest BCUT2D eigenvalue weighted by Crippen LogP contribution is 2.13. The fraction of sp³-hybridized carbons (Fsp3) is 0.467. The van der Waals surface area contributed by atoms with Crippen LogP contribution in [0, 0.1) is 12.7 Å². The standard InChI is InChI=1S/C15H21FN2O2/c1-3-4-5-6-9-17-14(19)15(20)18-12-8-7-11(2)13(16)10-12/h7-8,10H,3-6,9H2,1-2H3,(H,17,19)(H,18,20). The molecule has 4 nitrogen and oxygen atoms in total. The first-order valence-electron chi connectivity index (χ1n) is 6.90. The molecule has 5 heteroatoms. The summed E-state index contributed by atoms with van der Waals surface area (Å²) in [5.74, 6) is -1.88. The molecule has 0 saturated heterocycles. The van der Waals surface area contributed by atoms with Crippen molar-refractivity contribution in [3.05, 3.63) is 29.6 Å². The van der Waals surface area contributed by atoms with Crippen molar-refractivity contribution in [1.29, 1.82) is 0 Å². The fourth-order valence-corrected chi connectivity index (χ4v) is 1.69. The molecule has 0 spiro atoms. The number of anilines is 1. The van der Waals surface area contributed by atoms with Gasteiger partial charge >= 0.3 is 11.8 Å². The maximum absolute atomic E-state index is 13.3. The summed E-state index contributed by atoms with van der Waals surface area (Å²) in [7, 11) is 0. The Bertz CT molecular complexity index is 475. The first-order valence-corrected chi connectivity index (χ1v) is 6.90. The van der Waals surface area contributed by atoms with Crippen LogP contribution in [0.4, 0.5) is 10.1 Å². The summed E-state index contributed by atoms with van der Waals surface area (Å²) in [6, 6.07) is 4.31. The lowest BCUT2D eigenvalue weighted by Gasteiger charge is -2.07. The van der Waals surface area contributed by atoms with Crippen molar-refractivity contribution in [2.45, 2.75) is 39.5 Å². The Morgan fingerprint density at radius 1 is 1.15 bits per heavy atom. The van der Waals surface area contributed by atoms with E-state index in [1.54, 1.807) is 19.1 Å². The maximum Gasteiger partial charge on any atom is 0.313 e. The first kappa shape index (κ1) is 16.1. The number of benzene rings is 1. The van der Waals surface area contributed by atoms with Crippen molar-refractivity contribution in [2.24, 2.45) is 0 Å². The highest BCUT2D eigenvalue weighted by atomic mass is 19.1. The second-order valence-corrected chi connectivity index (χ2v) is 4.73. The highest BCUT2D eigenvalue weighted by molar-refractivity contribution is 6.39. The van der Waals surface area contributed by atoms with Crippen molar-refractivity contribution in [1.82, 2.24) is 5.32 Å². The lowest BCUT2D eigenvalue weighted by molar-refractivity contribution is -0.136.